The lowest BCUT2D eigenvalue weighted by Gasteiger charge is -2.40. The summed E-state index contributed by atoms with van der Waals surface area (Å²) in [6.07, 6.45) is 5.62. The number of nitrogens with two attached hydrogens (primary N) is 1. The molecule has 9 heteroatoms. The number of piperidine rings is 1. The number of aromatic nitrogens is 4. The Balaban J connectivity index is 1.61. The second-order valence-corrected chi connectivity index (χ2v) is 7.81. The molecule has 2 aromatic heterocycles. The molecule has 0 radical (unpaired) electrons. The maximum absolute atomic E-state index is 9.21. The predicted molar refractivity (Wildman–Crippen MR) is 110 cm³/mol. The zero-order valence-electron chi connectivity index (χ0n) is 16.5. The highest BCUT2D eigenvalue weighted by Crippen LogP contribution is 2.47. The summed E-state index contributed by atoms with van der Waals surface area (Å²) in [7, 11) is 3.92. The van der Waals surface area contributed by atoms with Crippen molar-refractivity contribution in [3.05, 3.63) is 23.7 Å². The number of nitrogens with zero attached hydrogens (tertiary/aromatic N) is 6. The quantitative estimate of drug-likeness (QED) is 0.688. The van der Waals surface area contributed by atoms with E-state index >= 15 is 0 Å². The van der Waals surface area contributed by atoms with Crippen LogP contribution in [0.2, 0.25) is 0 Å². The summed E-state index contributed by atoms with van der Waals surface area (Å²) in [6, 6.07) is 1.84. The van der Waals surface area contributed by atoms with Gasteiger partial charge in [-0.05, 0) is 25.7 Å². The third-order valence-electron chi connectivity index (χ3n) is 5.87. The summed E-state index contributed by atoms with van der Waals surface area (Å²) >= 11 is 0. The molecule has 150 valence electrons. The van der Waals surface area contributed by atoms with Gasteiger partial charge in [0.2, 0.25) is 5.95 Å². The van der Waals surface area contributed by atoms with E-state index in [0.29, 0.717) is 18.3 Å². The molecular weight excluding hydrogens is 356 g/mol. The highest BCUT2D eigenvalue weighted by atomic mass is 16.3. The molecule has 28 heavy (non-hydrogen) atoms. The summed E-state index contributed by atoms with van der Waals surface area (Å²) in [4.78, 5) is 22.2. The van der Waals surface area contributed by atoms with Crippen LogP contribution in [0.3, 0.4) is 0 Å². The summed E-state index contributed by atoms with van der Waals surface area (Å²) in [5, 5.41) is 12.5. The van der Waals surface area contributed by atoms with Crippen molar-refractivity contribution >= 4 is 23.4 Å². The third-order valence-corrected chi connectivity index (χ3v) is 5.87. The van der Waals surface area contributed by atoms with E-state index in [4.69, 9.17) is 10.7 Å². The average molecular weight is 384 g/mol. The standard InChI is InChI=1S/C19H28N8O/c1-26(2)18-24-16-13(17(25-18)21-7-10-28)3-4-19(16)5-8-27(9-6-19)15-11-14(20)22-12-23-15/h11-12,28H,3-10H2,1-2H3,(H2,20,22,23)(H,21,24,25). The van der Waals surface area contributed by atoms with Crippen LogP contribution >= 0.6 is 0 Å². The number of nitrogen functional groups attached to an aromatic ring is 1. The van der Waals surface area contributed by atoms with Gasteiger partial charge in [-0.25, -0.2) is 15.0 Å². The fourth-order valence-electron chi connectivity index (χ4n) is 4.34. The zero-order valence-corrected chi connectivity index (χ0v) is 16.5. The molecule has 4 rings (SSSR count). The zero-order chi connectivity index (χ0) is 19.7. The van der Waals surface area contributed by atoms with E-state index in [0.717, 1.165) is 50.4 Å². The van der Waals surface area contributed by atoms with Crippen LogP contribution in [0.5, 0.6) is 0 Å². The molecule has 0 saturated carbocycles. The Kier molecular flexibility index (Phi) is 4.92. The Bertz CT molecular complexity index is 848. The molecule has 0 bridgehead atoms. The lowest BCUT2D eigenvalue weighted by atomic mass is 9.76. The number of aliphatic hydroxyl groups is 1. The first-order valence-electron chi connectivity index (χ1n) is 9.78. The largest absolute Gasteiger partial charge is 0.395 e. The molecule has 0 unspecified atom stereocenters. The molecule has 2 aliphatic rings. The van der Waals surface area contributed by atoms with Gasteiger partial charge in [0.1, 0.15) is 23.8 Å². The first-order chi connectivity index (χ1) is 13.5. The molecule has 0 atom stereocenters. The van der Waals surface area contributed by atoms with E-state index in [1.165, 1.54) is 17.6 Å². The Morgan fingerprint density at radius 3 is 2.68 bits per heavy atom. The number of hydrogen-bond donors (Lipinski definition) is 3. The Hall–Kier alpha value is -2.68. The fraction of sp³-hybridized carbons (Fsp3) is 0.579. The van der Waals surface area contributed by atoms with E-state index in [9.17, 15) is 5.11 Å². The second-order valence-electron chi connectivity index (χ2n) is 7.81. The topological polar surface area (TPSA) is 116 Å². The van der Waals surface area contributed by atoms with Gasteiger partial charge in [0.05, 0.1) is 12.3 Å². The third kappa shape index (κ3) is 3.30. The van der Waals surface area contributed by atoms with Gasteiger partial charge < -0.3 is 26.0 Å². The molecule has 2 aromatic rings. The number of anilines is 4. The molecule has 1 aliphatic carbocycles. The van der Waals surface area contributed by atoms with Crippen LogP contribution in [0.25, 0.3) is 0 Å². The van der Waals surface area contributed by atoms with E-state index < -0.39 is 0 Å². The lowest BCUT2D eigenvalue weighted by molar-refractivity contribution is 0.311. The number of nitrogens with one attached hydrogen (secondary N) is 1. The van der Waals surface area contributed by atoms with Crippen molar-refractivity contribution in [1.82, 2.24) is 19.9 Å². The van der Waals surface area contributed by atoms with Gasteiger partial charge in [0.15, 0.2) is 0 Å². The Morgan fingerprint density at radius 1 is 1.21 bits per heavy atom. The highest BCUT2D eigenvalue weighted by molar-refractivity contribution is 5.56. The maximum atomic E-state index is 9.21. The van der Waals surface area contributed by atoms with Crippen LogP contribution in [0.4, 0.5) is 23.4 Å². The van der Waals surface area contributed by atoms with Gasteiger partial charge in [-0.2, -0.15) is 4.98 Å². The molecule has 3 heterocycles. The minimum atomic E-state index is 0.0771. The van der Waals surface area contributed by atoms with Gasteiger partial charge in [0.25, 0.3) is 0 Å². The van der Waals surface area contributed by atoms with Gasteiger partial charge in [-0.15, -0.1) is 0 Å². The summed E-state index contributed by atoms with van der Waals surface area (Å²) < 4.78 is 0. The van der Waals surface area contributed by atoms with Gasteiger partial charge in [0, 0.05) is 50.8 Å². The van der Waals surface area contributed by atoms with E-state index in [-0.39, 0.29) is 12.0 Å². The molecule has 1 saturated heterocycles. The number of aliphatic hydroxyl groups excluding tert-OH is 1. The van der Waals surface area contributed by atoms with Crippen LogP contribution in [-0.2, 0) is 11.8 Å². The summed E-state index contributed by atoms with van der Waals surface area (Å²) in [5.41, 5.74) is 8.28. The first-order valence-corrected chi connectivity index (χ1v) is 9.78. The van der Waals surface area contributed by atoms with Crippen molar-refractivity contribution in [1.29, 1.82) is 0 Å². The molecular formula is C19H28N8O. The molecule has 1 fully saturated rings. The minimum Gasteiger partial charge on any atom is -0.395 e. The molecule has 9 nitrogen and oxygen atoms in total. The monoisotopic (exact) mass is 384 g/mol. The Morgan fingerprint density at radius 2 is 2.00 bits per heavy atom. The molecule has 0 aromatic carbocycles. The number of fused-ring (bicyclic) bond motifs is 2. The summed E-state index contributed by atoms with van der Waals surface area (Å²) in [5.74, 6) is 2.97. The van der Waals surface area contributed by atoms with Crippen molar-refractivity contribution < 1.29 is 5.11 Å². The van der Waals surface area contributed by atoms with Crippen molar-refractivity contribution in [2.24, 2.45) is 0 Å². The van der Waals surface area contributed by atoms with Gasteiger partial charge in [-0.3, -0.25) is 0 Å². The van der Waals surface area contributed by atoms with Gasteiger partial charge in [-0.1, -0.05) is 0 Å². The van der Waals surface area contributed by atoms with Crippen LogP contribution in [-0.4, -0.2) is 65.4 Å². The van der Waals surface area contributed by atoms with Crippen molar-refractivity contribution in [3.8, 4) is 0 Å². The van der Waals surface area contributed by atoms with Crippen LogP contribution < -0.4 is 20.9 Å². The molecule has 1 aliphatic heterocycles. The molecule has 1 spiro atoms. The van der Waals surface area contributed by atoms with Gasteiger partial charge >= 0.3 is 0 Å². The van der Waals surface area contributed by atoms with E-state index in [1.807, 2.05) is 25.1 Å². The fourth-order valence-corrected chi connectivity index (χ4v) is 4.34. The van der Waals surface area contributed by atoms with E-state index in [2.05, 4.69) is 25.2 Å². The van der Waals surface area contributed by atoms with Crippen LogP contribution in [0, 0.1) is 0 Å². The Labute approximate surface area is 165 Å². The van der Waals surface area contributed by atoms with Crippen molar-refractivity contribution in [2.45, 2.75) is 31.1 Å². The maximum Gasteiger partial charge on any atom is 0.227 e. The smallest absolute Gasteiger partial charge is 0.227 e. The second kappa shape index (κ2) is 7.38. The minimum absolute atomic E-state index is 0.0771. The summed E-state index contributed by atoms with van der Waals surface area (Å²) in [6.45, 7) is 2.40. The first kappa shape index (κ1) is 18.7. The van der Waals surface area contributed by atoms with Crippen molar-refractivity contribution in [2.75, 3.05) is 61.2 Å². The SMILES string of the molecule is CN(C)c1nc(NCCO)c2c(n1)C1(CC2)CCN(c2cc(N)ncn2)CC1. The van der Waals surface area contributed by atoms with Crippen LogP contribution in [0.15, 0.2) is 12.4 Å². The highest BCUT2D eigenvalue weighted by Gasteiger charge is 2.44. The molecule has 0 amide bonds. The van der Waals surface area contributed by atoms with Crippen LogP contribution in [0.1, 0.15) is 30.5 Å². The number of hydrogen-bond acceptors (Lipinski definition) is 9. The lowest BCUT2D eigenvalue weighted by Crippen LogP contribution is -2.42. The number of rotatable bonds is 5. The predicted octanol–water partition coefficient (Wildman–Crippen LogP) is 0.803. The van der Waals surface area contributed by atoms with E-state index in [1.54, 1.807) is 0 Å². The molecule has 4 N–H and O–H groups in total. The normalized spacial score (nSPS) is 17.6. The average Bonchev–Trinajstić information content (AvgIpc) is 3.05. The van der Waals surface area contributed by atoms with Crippen molar-refractivity contribution in [3.63, 3.8) is 0 Å².